The van der Waals surface area contributed by atoms with Crippen LogP contribution in [0.15, 0.2) is 6.07 Å². The molecule has 0 fully saturated rings. The number of halogens is 2. The van der Waals surface area contributed by atoms with Crippen LogP contribution >= 0.6 is 23.2 Å². The third-order valence-electron chi connectivity index (χ3n) is 1.08. The maximum atomic E-state index is 10.6. The highest BCUT2D eigenvalue weighted by Gasteiger charge is 2.07. The summed E-state index contributed by atoms with van der Waals surface area (Å²) in [6.45, 7) is 1.75. The van der Waals surface area contributed by atoms with Crippen molar-refractivity contribution in [3.8, 4) is 0 Å². The van der Waals surface area contributed by atoms with Crippen LogP contribution in [0.2, 0.25) is 10.3 Å². The molecule has 0 unspecified atom stereocenters. The second kappa shape index (κ2) is 2.60. The van der Waals surface area contributed by atoms with Crippen LogP contribution in [-0.2, 0) is 0 Å². The Bertz CT molecular complexity index is 307. The van der Waals surface area contributed by atoms with Gasteiger partial charge in [-0.25, -0.2) is 0 Å². The van der Waals surface area contributed by atoms with E-state index < -0.39 is 0 Å². The zero-order valence-corrected chi connectivity index (χ0v) is 6.70. The van der Waals surface area contributed by atoms with E-state index in [1.165, 1.54) is 6.07 Å². The van der Waals surface area contributed by atoms with Crippen molar-refractivity contribution in [3.05, 3.63) is 26.8 Å². The zero-order valence-electron chi connectivity index (χ0n) is 5.19. The maximum absolute atomic E-state index is 10.6. The Labute approximate surface area is 67.2 Å². The minimum Gasteiger partial charge on any atom is -0.102 e. The molecule has 0 aliphatic carbocycles. The molecule has 0 amide bonds. The largest absolute Gasteiger partial charge is 0.360 e. The molecule has 54 valence electrons. The van der Waals surface area contributed by atoms with E-state index in [4.69, 9.17) is 23.2 Å². The first-order chi connectivity index (χ1) is 4.61. The van der Waals surface area contributed by atoms with Crippen LogP contribution < -0.4 is 4.54 Å². The van der Waals surface area contributed by atoms with Crippen molar-refractivity contribution in [3.63, 3.8) is 0 Å². The monoisotopic (exact) mass is 179 g/mol. The van der Waals surface area contributed by atoms with Gasteiger partial charge in [0, 0.05) is 6.07 Å². The summed E-state index contributed by atoms with van der Waals surface area (Å²) in [5, 5.41) is 2.69. The van der Waals surface area contributed by atoms with E-state index in [-0.39, 0.29) is 5.15 Å². The van der Waals surface area contributed by atoms with Gasteiger partial charge in [-0.3, -0.25) is 0 Å². The molecule has 0 bridgehead atoms. The number of hydrogen-bond donors (Lipinski definition) is 1. The molecule has 0 saturated carbocycles. The SMILES string of the molecule is Cc1cc(Cl)[n+](=O)[nH]c1Cl. The lowest BCUT2D eigenvalue weighted by Crippen LogP contribution is -2.20. The first kappa shape index (κ1) is 7.57. The number of rotatable bonds is 0. The average Bonchev–Trinajstić information content (AvgIpc) is 1.84. The van der Waals surface area contributed by atoms with Crippen molar-refractivity contribution < 1.29 is 4.54 Å². The standard InChI is InChI=1S/C5H5Cl2N2O/c1-3-2-4(6)9(10)8-5(3)7/h2H,1H3,(H,8,10)/q+1. The summed E-state index contributed by atoms with van der Waals surface area (Å²) in [6.07, 6.45) is 0. The molecule has 5 heteroatoms. The first-order valence-electron chi connectivity index (χ1n) is 2.59. The first-order valence-corrected chi connectivity index (χ1v) is 3.34. The van der Waals surface area contributed by atoms with Crippen molar-refractivity contribution in [2.24, 2.45) is 0 Å². The molecule has 1 aromatic rings. The Balaban J connectivity index is 3.43. The van der Waals surface area contributed by atoms with E-state index in [0.717, 1.165) is 5.56 Å². The van der Waals surface area contributed by atoms with Crippen molar-refractivity contribution in [2.45, 2.75) is 6.92 Å². The summed E-state index contributed by atoms with van der Waals surface area (Å²) in [5.41, 5.74) is 0.749. The lowest BCUT2D eigenvalue weighted by Gasteiger charge is -1.87. The van der Waals surface area contributed by atoms with E-state index in [0.29, 0.717) is 9.70 Å². The fraction of sp³-hybridized carbons (Fsp3) is 0.200. The number of nitrogens with zero attached hydrogens (tertiary/aromatic N) is 1. The number of aromatic amines is 1. The summed E-state index contributed by atoms with van der Waals surface area (Å²) < 4.78 is 0.400. The van der Waals surface area contributed by atoms with Gasteiger partial charge >= 0.3 is 5.15 Å². The second-order valence-corrected chi connectivity index (χ2v) is 2.64. The van der Waals surface area contributed by atoms with Crippen molar-refractivity contribution in [1.82, 2.24) is 5.10 Å². The summed E-state index contributed by atoms with van der Waals surface area (Å²) in [4.78, 5) is 10.6. The summed E-state index contributed by atoms with van der Waals surface area (Å²) in [6, 6.07) is 1.49. The van der Waals surface area contributed by atoms with Gasteiger partial charge in [-0.05, 0) is 24.1 Å². The summed E-state index contributed by atoms with van der Waals surface area (Å²) in [5.74, 6) is 0. The number of aryl methyl sites for hydroxylation is 1. The Morgan fingerprint density at radius 2 is 2.20 bits per heavy atom. The minimum absolute atomic E-state index is 0.0851. The van der Waals surface area contributed by atoms with Gasteiger partial charge in [0.1, 0.15) is 0 Å². The molecule has 1 heterocycles. The van der Waals surface area contributed by atoms with Crippen LogP contribution in [0.25, 0.3) is 0 Å². The summed E-state index contributed by atoms with van der Waals surface area (Å²) in [7, 11) is 0. The van der Waals surface area contributed by atoms with Gasteiger partial charge in [-0.1, -0.05) is 11.6 Å². The third kappa shape index (κ3) is 1.30. The predicted octanol–water partition coefficient (Wildman–Crippen LogP) is 1.54. The van der Waals surface area contributed by atoms with E-state index in [2.05, 4.69) is 5.10 Å². The number of H-pyrrole nitrogens is 1. The molecule has 0 radical (unpaired) electrons. The Hall–Kier alpha value is -0.540. The average molecular weight is 180 g/mol. The van der Waals surface area contributed by atoms with Gasteiger partial charge in [0.25, 0.3) is 0 Å². The molecule has 0 saturated heterocycles. The molecule has 3 nitrogen and oxygen atoms in total. The van der Waals surface area contributed by atoms with Gasteiger partial charge in [0.05, 0.1) is 4.91 Å². The Morgan fingerprint density at radius 1 is 1.60 bits per heavy atom. The zero-order chi connectivity index (χ0) is 7.72. The molecule has 0 aliphatic heterocycles. The van der Waals surface area contributed by atoms with Gasteiger partial charge in [0.2, 0.25) is 0 Å². The topological polar surface area (TPSA) is 38.8 Å². The van der Waals surface area contributed by atoms with Crippen LogP contribution in [-0.4, -0.2) is 5.10 Å². The molecule has 1 N–H and O–H groups in total. The number of nitrogens with one attached hydrogen (secondary N) is 1. The van der Waals surface area contributed by atoms with Crippen molar-refractivity contribution in [2.75, 3.05) is 0 Å². The lowest BCUT2D eigenvalue weighted by molar-refractivity contribution is -0.561. The quantitative estimate of drug-likeness (QED) is 0.604. The highest BCUT2D eigenvalue weighted by atomic mass is 35.5. The normalized spacial score (nSPS) is 9.90. The number of aromatic nitrogens is 2. The molecule has 1 aromatic heterocycles. The van der Waals surface area contributed by atoms with Crippen molar-refractivity contribution >= 4 is 23.2 Å². The van der Waals surface area contributed by atoms with E-state index >= 15 is 0 Å². The molecule has 1 rings (SSSR count). The van der Waals surface area contributed by atoms with Crippen LogP contribution in [0.5, 0.6) is 0 Å². The van der Waals surface area contributed by atoms with Gasteiger partial charge in [0.15, 0.2) is 9.70 Å². The van der Waals surface area contributed by atoms with E-state index in [1.54, 1.807) is 6.92 Å². The molecular formula is C5H5Cl2N2O+. The van der Waals surface area contributed by atoms with Gasteiger partial charge < -0.3 is 0 Å². The van der Waals surface area contributed by atoms with E-state index in [9.17, 15) is 4.91 Å². The van der Waals surface area contributed by atoms with Gasteiger partial charge in [-0.2, -0.15) is 0 Å². The predicted molar refractivity (Wildman–Crippen MR) is 38.9 cm³/mol. The highest BCUT2D eigenvalue weighted by Crippen LogP contribution is 2.10. The molecule has 0 spiro atoms. The molecule has 0 atom stereocenters. The summed E-state index contributed by atoms with van der Waals surface area (Å²) >= 11 is 11.0. The molecule has 10 heavy (non-hydrogen) atoms. The fourth-order valence-corrected chi connectivity index (χ4v) is 0.869. The van der Waals surface area contributed by atoms with Gasteiger partial charge in [-0.15, -0.1) is 5.10 Å². The smallest absolute Gasteiger partial charge is 0.102 e. The van der Waals surface area contributed by atoms with Crippen LogP contribution in [0.3, 0.4) is 0 Å². The maximum Gasteiger partial charge on any atom is 0.360 e. The van der Waals surface area contributed by atoms with Crippen LogP contribution in [0.1, 0.15) is 5.56 Å². The lowest BCUT2D eigenvalue weighted by atomic mass is 10.4. The Morgan fingerprint density at radius 3 is 2.70 bits per heavy atom. The van der Waals surface area contributed by atoms with Crippen molar-refractivity contribution in [1.29, 1.82) is 0 Å². The van der Waals surface area contributed by atoms with Crippen LogP contribution in [0, 0.1) is 11.8 Å². The molecular weight excluding hydrogens is 175 g/mol. The second-order valence-electron chi connectivity index (χ2n) is 1.87. The fourth-order valence-electron chi connectivity index (χ4n) is 0.531. The third-order valence-corrected chi connectivity index (χ3v) is 1.72. The minimum atomic E-state index is 0.0851. The highest BCUT2D eigenvalue weighted by molar-refractivity contribution is 6.31. The van der Waals surface area contributed by atoms with E-state index in [1.807, 2.05) is 0 Å². The molecule has 0 aromatic carbocycles. The van der Waals surface area contributed by atoms with Crippen LogP contribution in [0.4, 0.5) is 0 Å². The molecule has 0 aliphatic rings. The number of hydrogen-bond acceptors (Lipinski definition) is 1. The Kier molecular flexibility index (Phi) is 1.97.